The average Bonchev–Trinajstić information content (AvgIpc) is 3.06. The Balaban J connectivity index is 1.76. The first kappa shape index (κ1) is 18.7. The second kappa shape index (κ2) is 7.26. The van der Waals surface area contributed by atoms with E-state index in [0.717, 1.165) is 25.7 Å². The van der Waals surface area contributed by atoms with E-state index in [9.17, 15) is 18.0 Å². The fraction of sp³-hybridized carbons (Fsp3) is 0.556. The van der Waals surface area contributed by atoms with Crippen molar-refractivity contribution in [3.05, 3.63) is 17.7 Å². The summed E-state index contributed by atoms with van der Waals surface area (Å²) >= 11 is 0. The van der Waals surface area contributed by atoms with Crippen LogP contribution in [-0.2, 0) is 19.4 Å². The zero-order chi connectivity index (χ0) is 18.9. The third kappa shape index (κ3) is 3.85. The summed E-state index contributed by atoms with van der Waals surface area (Å²) in [6.07, 6.45) is 4.04. The second-order valence-corrected chi connectivity index (χ2v) is 9.39. The van der Waals surface area contributed by atoms with E-state index in [1.807, 2.05) is 0 Å². The van der Waals surface area contributed by atoms with Crippen LogP contribution >= 0.6 is 0 Å². The highest BCUT2D eigenvalue weighted by atomic mass is 32.2. The summed E-state index contributed by atoms with van der Waals surface area (Å²) in [6, 6.07) is 3.19. The number of aryl methyl sites for hydroxylation is 1. The summed E-state index contributed by atoms with van der Waals surface area (Å²) in [7, 11) is -3.70. The van der Waals surface area contributed by atoms with Crippen LogP contribution in [0.15, 0.2) is 17.0 Å². The molecule has 8 heteroatoms. The average molecular weight is 380 g/mol. The van der Waals surface area contributed by atoms with E-state index in [1.54, 1.807) is 19.9 Å². The molecule has 2 aliphatic rings. The lowest BCUT2D eigenvalue weighted by molar-refractivity contribution is -0.121. The number of carbonyl (C=O) groups is 2. The van der Waals surface area contributed by atoms with Gasteiger partial charge < -0.3 is 15.4 Å². The zero-order valence-corrected chi connectivity index (χ0v) is 15.8. The summed E-state index contributed by atoms with van der Waals surface area (Å²) in [5, 5.41) is 4.74. The van der Waals surface area contributed by atoms with E-state index in [0.29, 0.717) is 17.0 Å². The Hall–Kier alpha value is -2.09. The molecule has 2 N–H and O–H groups in total. The van der Waals surface area contributed by atoms with Crippen LogP contribution in [0.25, 0.3) is 0 Å². The number of hydrogen-bond donors (Lipinski definition) is 2. The summed E-state index contributed by atoms with van der Waals surface area (Å²) in [5.74, 6) is -0.173. The van der Waals surface area contributed by atoms with Gasteiger partial charge in [-0.3, -0.25) is 9.59 Å². The van der Waals surface area contributed by atoms with Crippen molar-refractivity contribution in [1.29, 1.82) is 0 Å². The number of amides is 2. The number of anilines is 1. The predicted molar refractivity (Wildman–Crippen MR) is 97.0 cm³/mol. The monoisotopic (exact) mass is 380 g/mol. The van der Waals surface area contributed by atoms with E-state index in [4.69, 9.17) is 4.74 Å². The van der Waals surface area contributed by atoms with Crippen LogP contribution in [0.5, 0.6) is 5.75 Å². The van der Waals surface area contributed by atoms with Crippen molar-refractivity contribution >= 4 is 27.3 Å². The third-order valence-electron chi connectivity index (χ3n) is 4.94. The van der Waals surface area contributed by atoms with Crippen LogP contribution < -0.4 is 15.4 Å². The van der Waals surface area contributed by atoms with E-state index in [-0.39, 0.29) is 35.8 Å². The van der Waals surface area contributed by atoms with Gasteiger partial charge in [0.05, 0.1) is 15.8 Å². The minimum Gasteiger partial charge on any atom is -0.482 e. The van der Waals surface area contributed by atoms with Crippen molar-refractivity contribution in [2.45, 2.75) is 62.1 Å². The molecular weight excluding hydrogens is 356 g/mol. The fourth-order valence-corrected chi connectivity index (χ4v) is 5.05. The Bertz CT molecular complexity index is 828. The number of nitrogens with one attached hydrogen (secondary N) is 2. The molecule has 1 saturated carbocycles. The minimum atomic E-state index is -3.70. The molecule has 0 spiro atoms. The van der Waals surface area contributed by atoms with Gasteiger partial charge in [-0.15, -0.1) is 0 Å². The molecule has 1 atom stereocenters. The first-order chi connectivity index (χ1) is 12.3. The SMILES string of the molecule is Cc1cc2c(cc1S(=O)(=O)C(C)CC(=O)NC1CCCC1)OCC(=O)N2. The lowest BCUT2D eigenvalue weighted by atomic mass is 10.2. The van der Waals surface area contributed by atoms with Gasteiger partial charge in [-0.05, 0) is 38.3 Å². The Labute approximate surface area is 153 Å². The number of fused-ring (bicyclic) bond motifs is 1. The molecule has 0 saturated heterocycles. The van der Waals surface area contributed by atoms with E-state index >= 15 is 0 Å². The Morgan fingerprint density at radius 1 is 1.35 bits per heavy atom. The molecule has 142 valence electrons. The number of ether oxygens (including phenoxy) is 1. The number of hydrogen-bond acceptors (Lipinski definition) is 5. The van der Waals surface area contributed by atoms with Gasteiger partial charge in [0, 0.05) is 18.5 Å². The molecule has 1 aliphatic heterocycles. The smallest absolute Gasteiger partial charge is 0.262 e. The van der Waals surface area contributed by atoms with Crippen LogP contribution in [0.2, 0.25) is 0 Å². The van der Waals surface area contributed by atoms with Gasteiger partial charge in [0.15, 0.2) is 16.4 Å². The molecule has 1 heterocycles. The van der Waals surface area contributed by atoms with Crippen molar-refractivity contribution in [3.63, 3.8) is 0 Å². The van der Waals surface area contributed by atoms with Gasteiger partial charge in [0.2, 0.25) is 5.91 Å². The quantitative estimate of drug-likeness (QED) is 0.813. The van der Waals surface area contributed by atoms with Crippen molar-refractivity contribution in [2.75, 3.05) is 11.9 Å². The van der Waals surface area contributed by atoms with Crippen molar-refractivity contribution in [2.24, 2.45) is 0 Å². The number of benzene rings is 1. The maximum atomic E-state index is 13.0. The Morgan fingerprint density at radius 2 is 2.04 bits per heavy atom. The molecule has 0 radical (unpaired) electrons. The first-order valence-corrected chi connectivity index (χ1v) is 10.4. The van der Waals surface area contributed by atoms with Gasteiger partial charge in [-0.1, -0.05) is 12.8 Å². The summed E-state index contributed by atoms with van der Waals surface area (Å²) in [4.78, 5) is 23.7. The van der Waals surface area contributed by atoms with E-state index in [2.05, 4.69) is 10.6 Å². The van der Waals surface area contributed by atoms with Gasteiger partial charge in [-0.25, -0.2) is 8.42 Å². The Kier molecular flexibility index (Phi) is 5.22. The molecule has 1 unspecified atom stereocenters. The summed E-state index contributed by atoms with van der Waals surface area (Å²) < 4.78 is 31.2. The largest absolute Gasteiger partial charge is 0.482 e. The highest BCUT2D eigenvalue weighted by Gasteiger charge is 2.30. The molecule has 1 aliphatic carbocycles. The van der Waals surface area contributed by atoms with Crippen LogP contribution in [0.1, 0.15) is 44.6 Å². The zero-order valence-electron chi connectivity index (χ0n) is 15.0. The first-order valence-electron chi connectivity index (χ1n) is 8.88. The number of rotatable bonds is 5. The lowest BCUT2D eigenvalue weighted by Gasteiger charge is -2.21. The maximum Gasteiger partial charge on any atom is 0.262 e. The van der Waals surface area contributed by atoms with Crippen molar-refractivity contribution < 1.29 is 22.7 Å². The Morgan fingerprint density at radius 3 is 2.73 bits per heavy atom. The van der Waals surface area contributed by atoms with Crippen molar-refractivity contribution in [1.82, 2.24) is 5.32 Å². The molecule has 3 rings (SSSR count). The molecule has 0 aromatic heterocycles. The van der Waals surface area contributed by atoms with Gasteiger partial charge in [-0.2, -0.15) is 0 Å². The predicted octanol–water partition coefficient (Wildman–Crippen LogP) is 1.94. The third-order valence-corrected chi connectivity index (χ3v) is 7.22. The second-order valence-electron chi connectivity index (χ2n) is 7.06. The fourth-order valence-electron chi connectivity index (χ4n) is 3.47. The van der Waals surface area contributed by atoms with Gasteiger partial charge in [0.25, 0.3) is 5.91 Å². The van der Waals surface area contributed by atoms with Crippen LogP contribution in [-0.4, -0.2) is 38.1 Å². The minimum absolute atomic E-state index is 0.0764. The number of carbonyl (C=O) groups excluding carboxylic acids is 2. The highest BCUT2D eigenvalue weighted by molar-refractivity contribution is 7.92. The van der Waals surface area contributed by atoms with E-state index < -0.39 is 15.1 Å². The molecule has 1 aromatic rings. The normalized spacial score (nSPS) is 18.6. The number of sulfone groups is 1. The van der Waals surface area contributed by atoms with Crippen LogP contribution in [0.3, 0.4) is 0 Å². The maximum absolute atomic E-state index is 13.0. The molecule has 1 aromatic carbocycles. The molecular formula is C18H24N2O5S. The van der Waals surface area contributed by atoms with Gasteiger partial charge >= 0.3 is 0 Å². The lowest BCUT2D eigenvalue weighted by Crippen LogP contribution is -2.36. The summed E-state index contributed by atoms with van der Waals surface area (Å²) in [5.41, 5.74) is 0.974. The van der Waals surface area contributed by atoms with Crippen LogP contribution in [0, 0.1) is 6.92 Å². The van der Waals surface area contributed by atoms with Gasteiger partial charge in [0.1, 0.15) is 5.75 Å². The van der Waals surface area contributed by atoms with E-state index in [1.165, 1.54) is 6.07 Å². The molecule has 0 bridgehead atoms. The van der Waals surface area contributed by atoms with Crippen LogP contribution in [0.4, 0.5) is 5.69 Å². The molecule has 1 fully saturated rings. The summed E-state index contributed by atoms with van der Waals surface area (Å²) in [6.45, 7) is 3.07. The van der Waals surface area contributed by atoms with Crippen molar-refractivity contribution in [3.8, 4) is 5.75 Å². The highest BCUT2D eigenvalue weighted by Crippen LogP contribution is 2.34. The topological polar surface area (TPSA) is 102 Å². The molecule has 7 nitrogen and oxygen atoms in total. The standard InChI is InChI=1S/C18H24N2O5S/c1-11-7-14-15(25-10-18(22)20-14)9-16(11)26(23,24)12(2)8-17(21)19-13-5-3-4-6-13/h7,9,12-13H,3-6,8,10H2,1-2H3,(H,19,21)(H,20,22). The molecule has 26 heavy (non-hydrogen) atoms. The molecule has 2 amide bonds.